The average molecular weight is 662 g/mol. The van der Waals surface area contributed by atoms with Gasteiger partial charge in [0, 0.05) is 22.8 Å². The Morgan fingerprint density at radius 1 is 0.773 bits per heavy atom. The standard InChI is InChI=1S/C36H43N3OS4/c1-34(2,3)26-18-23-12-10-11-13-24(23)19-28(26)40-22-43-33-30-25(15-17-41-30)20-29(39(33)36(7,8)9)44-32-31-27(37-21-42-31)14-16-38(32)35(4,5)6/h10-21,43-44H,22H2,1-9H3. The first kappa shape index (κ1) is 31.3. The van der Waals surface area contributed by atoms with E-state index in [9.17, 15) is 0 Å². The first-order valence-corrected chi connectivity index (χ1v) is 18.8. The van der Waals surface area contributed by atoms with Crippen molar-refractivity contribution in [3.8, 4) is 5.75 Å². The van der Waals surface area contributed by atoms with Crippen LogP contribution in [0.1, 0.15) is 67.9 Å². The smallest absolute Gasteiger partial charge is 0.128 e. The molecule has 8 heteroatoms. The van der Waals surface area contributed by atoms with Crippen molar-refractivity contribution in [3.05, 3.63) is 86.5 Å². The minimum atomic E-state index is -0.128. The van der Waals surface area contributed by atoms with Crippen LogP contribution in [0.5, 0.6) is 5.75 Å². The summed E-state index contributed by atoms with van der Waals surface area (Å²) in [5.74, 6) is 1.56. The minimum Gasteiger partial charge on any atom is -0.483 e. The topological polar surface area (TPSA) is 32.0 Å². The second kappa shape index (κ2) is 11.6. The fraction of sp³-hybridized carbons (Fsp3) is 0.361. The highest BCUT2D eigenvalue weighted by Gasteiger charge is 2.22. The molecule has 0 bridgehead atoms. The van der Waals surface area contributed by atoms with Crippen molar-refractivity contribution in [1.82, 2.24) is 14.1 Å². The fourth-order valence-corrected chi connectivity index (χ4v) is 10.6. The molecule has 6 rings (SSSR count). The van der Waals surface area contributed by atoms with Crippen LogP contribution in [0.3, 0.4) is 0 Å². The van der Waals surface area contributed by atoms with Crippen molar-refractivity contribution >= 4 is 76.5 Å². The fourth-order valence-electron chi connectivity index (χ4n) is 5.62. The van der Waals surface area contributed by atoms with Gasteiger partial charge in [0.25, 0.3) is 0 Å². The molecule has 0 amide bonds. The van der Waals surface area contributed by atoms with E-state index in [4.69, 9.17) is 4.74 Å². The molecule has 0 aliphatic rings. The van der Waals surface area contributed by atoms with Gasteiger partial charge in [0.1, 0.15) is 11.7 Å². The van der Waals surface area contributed by atoms with E-state index in [1.807, 2.05) is 16.8 Å². The number of thiol groups is 2. The number of pyridine rings is 2. The molecule has 0 fully saturated rings. The lowest BCUT2D eigenvalue weighted by Gasteiger charge is -2.29. The van der Waals surface area contributed by atoms with Gasteiger partial charge in [-0.05, 0) is 98.8 Å². The quantitative estimate of drug-likeness (QED) is 0.146. The normalized spacial score (nSPS) is 14.3. The van der Waals surface area contributed by atoms with Gasteiger partial charge >= 0.3 is 0 Å². The SMILES string of the molecule is CC(C)(C)c1cc2ccccc2cc1OC/[SH]=c1\c2sccc2cc(/[SH]=c2\c3scnc3ccn2C(C)(C)C)n1C(C)(C)C. The summed E-state index contributed by atoms with van der Waals surface area (Å²) in [6, 6.07) is 19.9. The number of benzene rings is 2. The number of thiazole rings is 1. The van der Waals surface area contributed by atoms with Gasteiger partial charge in [0.15, 0.2) is 0 Å². The van der Waals surface area contributed by atoms with E-state index >= 15 is 0 Å². The lowest BCUT2D eigenvalue weighted by molar-refractivity contribution is 0.363. The molecule has 0 saturated carbocycles. The summed E-state index contributed by atoms with van der Waals surface area (Å²) in [7, 11) is 0. The maximum absolute atomic E-state index is 6.70. The zero-order valence-corrected chi connectivity index (χ0v) is 30.5. The monoisotopic (exact) mass is 661 g/mol. The van der Waals surface area contributed by atoms with Crippen LogP contribution in [-0.2, 0) is 16.5 Å². The third kappa shape index (κ3) is 6.11. The summed E-state index contributed by atoms with van der Waals surface area (Å²) in [5.41, 5.74) is 4.06. The molecular formula is C36H43N3OS4. The van der Waals surface area contributed by atoms with Crippen molar-refractivity contribution in [2.24, 2.45) is 0 Å². The molecule has 0 N–H and O–H groups in total. The molecule has 2 aromatic carbocycles. The first-order chi connectivity index (χ1) is 20.7. The van der Waals surface area contributed by atoms with E-state index in [2.05, 4.69) is 143 Å². The number of hydrogen-bond donors (Lipinski definition) is 2. The number of hydrogen-bond acceptors (Lipinski definition) is 4. The number of rotatable bonds is 4. The van der Waals surface area contributed by atoms with Crippen LogP contribution in [0.2, 0.25) is 0 Å². The Balaban J connectivity index is 1.56. The average Bonchev–Trinajstić information content (AvgIpc) is 3.61. The third-order valence-corrected chi connectivity index (χ3v) is 12.0. The second-order valence-corrected chi connectivity index (χ2v) is 18.1. The van der Waals surface area contributed by atoms with Crippen LogP contribution in [0, 0.1) is 9.28 Å². The maximum Gasteiger partial charge on any atom is 0.128 e. The number of ether oxygens (including phenoxy) is 1. The van der Waals surface area contributed by atoms with E-state index in [1.54, 1.807) is 11.3 Å². The molecule has 4 heterocycles. The van der Waals surface area contributed by atoms with Gasteiger partial charge in [-0.15, -0.1) is 45.4 Å². The number of aromatic nitrogens is 3. The Labute approximate surface area is 275 Å². The molecule has 232 valence electrons. The number of thiophene rings is 1. The summed E-state index contributed by atoms with van der Waals surface area (Å²) in [6.45, 7) is 20.6. The van der Waals surface area contributed by atoms with Gasteiger partial charge in [-0.2, -0.15) is 0 Å². The molecule has 0 spiro atoms. The van der Waals surface area contributed by atoms with Crippen LogP contribution >= 0.6 is 45.4 Å². The molecule has 0 aliphatic heterocycles. The van der Waals surface area contributed by atoms with Gasteiger partial charge in [-0.25, -0.2) is 4.98 Å². The van der Waals surface area contributed by atoms with Crippen LogP contribution in [0.15, 0.2) is 76.7 Å². The van der Waals surface area contributed by atoms with Gasteiger partial charge in [-0.3, -0.25) is 0 Å². The Morgan fingerprint density at radius 3 is 2.18 bits per heavy atom. The summed E-state index contributed by atoms with van der Waals surface area (Å²) in [4.78, 5) is 4.66. The lowest BCUT2D eigenvalue weighted by atomic mass is 9.85. The zero-order valence-electron chi connectivity index (χ0n) is 27.1. The maximum atomic E-state index is 6.70. The van der Waals surface area contributed by atoms with Crippen LogP contribution in [0.25, 0.3) is 31.1 Å². The van der Waals surface area contributed by atoms with Crippen LogP contribution in [0.4, 0.5) is 0 Å². The third-order valence-electron chi connectivity index (χ3n) is 7.74. The zero-order chi connectivity index (χ0) is 31.4. The predicted octanol–water partition coefficient (Wildman–Crippen LogP) is 11.2. The predicted molar refractivity (Wildman–Crippen MR) is 198 cm³/mol. The molecule has 0 radical (unpaired) electrons. The summed E-state index contributed by atoms with van der Waals surface area (Å²) >= 11 is 5.87. The van der Waals surface area contributed by atoms with E-state index in [1.165, 1.54) is 56.8 Å². The molecular weight excluding hydrogens is 619 g/mol. The van der Waals surface area contributed by atoms with E-state index in [0.717, 1.165) is 22.6 Å². The van der Waals surface area contributed by atoms with Crippen molar-refractivity contribution in [3.63, 3.8) is 0 Å². The van der Waals surface area contributed by atoms with Gasteiger partial charge in [-0.1, -0.05) is 45.0 Å². The van der Waals surface area contributed by atoms with Crippen molar-refractivity contribution in [2.45, 2.75) is 83.8 Å². The molecule has 44 heavy (non-hydrogen) atoms. The highest BCUT2D eigenvalue weighted by molar-refractivity contribution is 7.92. The molecule has 0 unspecified atom stereocenters. The summed E-state index contributed by atoms with van der Waals surface area (Å²) in [5, 5.41) is 7.26. The Morgan fingerprint density at radius 2 is 1.50 bits per heavy atom. The summed E-state index contributed by atoms with van der Waals surface area (Å²) in [6.07, 6.45) is 2.21. The molecule has 0 atom stereocenters. The molecule has 6 aromatic rings. The molecule has 4 aromatic heterocycles. The lowest BCUT2D eigenvalue weighted by Crippen LogP contribution is -2.25. The first-order valence-electron chi connectivity index (χ1n) is 15.0. The van der Waals surface area contributed by atoms with E-state index < -0.39 is 0 Å². The van der Waals surface area contributed by atoms with Gasteiger partial charge in [0.2, 0.25) is 0 Å². The van der Waals surface area contributed by atoms with Crippen LogP contribution in [-0.4, -0.2) is 20.1 Å². The van der Waals surface area contributed by atoms with Crippen molar-refractivity contribution in [2.75, 3.05) is 5.94 Å². The molecule has 0 saturated heterocycles. The Kier molecular flexibility index (Phi) is 8.27. The second-order valence-electron chi connectivity index (χ2n) is 14.3. The van der Waals surface area contributed by atoms with Crippen LogP contribution < -0.4 is 4.74 Å². The highest BCUT2D eigenvalue weighted by Crippen LogP contribution is 2.37. The van der Waals surface area contributed by atoms with Crippen molar-refractivity contribution < 1.29 is 4.74 Å². The minimum absolute atomic E-state index is 0.0263. The Bertz CT molecular complexity index is 2140. The van der Waals surface area contributed by atoms with Gasteiger partial charge < -0.3 is 13.9 Å². The van der Waals surface area contributed by atoms with Crippen molar-refractivity contribution in [1.29, 1.82) is 0 Å². The van der Waals surface area contributed by atoms with E-state index in [-0.39, 0.29) is 16.5 Å². The Hall–Kier alpha value is -2.65. The number of nitrogens with zero attached hydrogens (tertiary/aromatic N) is 3. The molecule has 4 nitrogen and oxygen atoms in total. The summed E-state index contributed by atoms with van der Waals surface area (Å²) < 4.78 is 16.9. The number of fused-ring (bicyclic) bond motifs is 3. The van der Waals surface area contributed by atoms with Gasteiger partial charge in [0.05, 0.1) is 34.7 Å². The highest BCUT2D eigenvalue weighted by atomic mass is 32.1. The molecule has 0 aliphatic carbocycles. The largest absolute Gasteiger partial charge is 0.483 e. The van der Waals surface area contributed by atoms with E-state index in [0.29, 0.717) is 5.94 Å².